The summed E-state index contributed by atoms with van der Waals surface area (Å²) in [4.78, 5) is 4.68. The van der Waals surface area contributed by atoms with Gasteiger partial charge in [-0.3, -0.25) is 9.80 Å². The van der Waals surface area contributed by atoms with E-state index >= 15 is 0 Å². The lowest BCUT2D eigenvalue weighted by Gasteiger charge is -2.35. The van der Waals surface area contributed by atoms with E-state index in [-0.39, 0.29) is 5.82 Å². The Morgan fingerprint density at radius 1 is 0.929 bits per heavy atom. The maximum Gasteiger partial charge on any atom is 0.123 e. The number of methoxy groups -OCH3 is 1. The molecule has 5 heteroatoms. The van der Waals surface area contributed by atoms with Crippen LogP contribution in [0.25, 0.3) is 10.8 Å². The van der Waals surface area contributed by atoms with Gasteiger partial charge in [-0.05, 0) is 35.0 Å². The van der Waals surface area contributed by atoms with Gasteiger partial charge in [0.15, 0.2) is 0 Å². The standard InChI is InChI=1S/C23H25FN2O2/c1-28-23-9-7-19(24)14-18(23)15-25-10-12-26(13-11-25)16-21-20-5-3-2-4-17(20)6-8-22(21)27/h2-9,14,27H,10-13,15-16H2,1H3. The minimum absolute atomic E-state index is 0.235. The summed E-state index contributed by atoms with van der Waals surface area (Å²) in [5.74, 6) is 0.844. The van der Waals surface area contributed by atoms with E-state index in [4.69, 9.17) is 4.74 Å². The lowest BCUT2D eigenvalue weighted by Crippen LogP contribution is -2.45. The van der Waals surface area contributed by atoms with Crippen molar-refractivity contribution >= 4 is 10.8 Å². The number of nitrogens with zero attached hydrogens (tertiary/aromatic N) is 2. The Balaban J connectivity index is 1.42. The summed E-state index contributed by atoms with van der Waals surface area (Å²) in [5.41, 5.74) is 1.86. The molecule has 0 radical (unpaired) electrons. The molecule has 1 fully saturated rings. The van der Waals surface area contributed by atoms with E-state index in [1.54, 1.807) is 25.3 Å². The Morgan fingerprint density at radius 2 is 1.64 bits per heavy atom. The topological polar surface area (TPSA) is 35.9 Å². The van der Waals surface area contributed by atoms with Gasteiger partial charge < -0.3 is 9.84 Å². The fraction of sp³-hybridized carbons (Fsp3) is 0.304. The van der Waals surface area contributed by atoms with Gasteiger partial charge in [-0.15, -0.1) is 0 Å². The Labute approximate surface area is 164 Å². The number of hydrogen-bond donors (Lipinski definition) is 1. The van der Waals surface area contributed by atoms with Gasteiger partial charge in [0, 0.05) is 50.4 Å². The third kappa shape index (κ3) is 3.96. The summed E-state index contributed by atoms with van der Waals surface area (Å²) in [6.07, 6.45) is 0. The number of benzene rings is 3. The van der Waals surface area contributed by atoms with Crippen molar-refractivity contribution in [3.8, 4) is 11.5 Å². The van der Waals surface area contributed by atoms with Crippen LogP contribution in [-0.2, 0) is 13.1 Å². The van der Waals surface area contributed by atoms with E-state index in [0.29, 0.717) is 12.3 Å². The maximum atomic E-state index is 13.6. The molecule has 3 aromatic rings. The summed E-state index contributed by atoms with van der Waals surface area (Å²) < 4.78 is 19.0. The smallest absolute Gasteiger partial charge is 0.123 e. The zero-order valence-corrected chi connectivity index (χ0v) is 16.1. The molecule has 0 amide bonds. The summed E-state index contributed by atoms with van der Waals surface area (Å²) >= 11 is 0. The zero-order chi connectivity index (χ0) is 19.5. The van der Waals surface area contributed by atoms with Crippen LogP contribution in [0.15, 0.2) is 54.6 Å². The molecule has 0 saturated carbocycles. The minimum Gasteiger partial charge on any atom is -0.508 e. The largest absolute Gasteiger partial charge is 0.508 e. The minimum atomic E-state index is -0.235. The van der Waals surface area contributed by atoms with Crippen molar-refractivity contribution in [1.82, 2.24) is 9.80 Å². The van der Waals surface area contributed by atoms with Gasteiger partial charge in [-0.25, -0.2) is 4.39 Å². The highest BCUT2D eigenvalue weighted by molar-refractivity contribution is 5.87. The van der Waals surface area contributed by atoms with Gasteiger partial charge in [0.05, 0.1) is 7.11 Å². The van der Waals surface area contributed by atoms with E-state index in [1.807, 2.05) is 18.2 Å². The number of hydrogen-bond acceptors (Lipinski definition) is 4. The van der Waals surface area contributed by atoms with E-state index in [9.17, 15) is 9.50 Å². The molecule has 28 heavy (non-hydrogen) atoms. The average Bonchev–Trinajstić information content (AvgIpc) is 2.72. The van der Waals surface area contributed by atoms with E-state index < -0.39 is 0 Å². The molecule has 1 aliphatic rings. The fourth-order valence-corrected chi connectivity index (χ4v) is 3.93. The van der Waals surface area contributed by atoms with Crippen molar-refractivity contribution in [3.63, 3.8) is 0 Å². The molecule has 4 nitrogen and oxygen atoms in total. The van der Waals surface area contributed by atoms with Crippen molar-refractivity contribution in [1.29, 1.82) is 0 Å². The molecular formula is C23H25FN2O2. The van der Waals surface area contributed by atoms with E-state index in [1.165, 1.54) is 6.07 Å². The Hall–Kier alpha value is -2.63. The van der Waals surface area contributed by atoms with Gasteiger partial charge in [0.1, 0.15) is 17.3 Å². The lowest BCUT2D eigenvalue weighted by molar-refractivity contribution is 0.121. The number of fused-ring (bicyclic) bond motifs is 1. The zero-order valence-electron chi connectivity index (χ0n) is 16.1. The third-order valence-corrected chi connectivity index (χ3v) is 5.50. The number of ether oxygens (including phenoxy) is 1. The average molecular weight is 380 g/mol. The number of aromatic hydroxyl groups is 1. The molecule has 0 bridgehead atoms. The number of piperazine rings is 1. The molecule has 0 spiro atoms. The highest BCUT2D eigenvalue weighted by Crippen LogP contribution is 2.29. The van der Waals surface area contributed by atoms with Crippen LogP contribution in [0.2, 0.25) is 0 Å². The van der Waals surface area contributed by atoms with Gasteiger partial charge in [-0.2, -0.15) is 0 Å². The van der Waals surface area contributed by atoms with Crippen molar-refractivity contribution in [2.45, 2.75) is 13.1 Å². The lowest BCUT2D eigenvalue weighted by atomic mass is 10.0. The number of rotatable bonds is 5. The second-order valence-electron chi connectivity index (χ2n) is 7.29. The first-order valence-electron chi connectivity index (χ1n) is 9.61. The summed E-state index contributed by atoms with van der Waals surface area (Å²) in [5, 5.41) is 12.6. The molecule has 1 aliphatic heterocycles. The summed E-state index contributed by atoms with van der Waals surface area (Å²) in [6.45, 7) is 5.00. The van der Waals surface area contributed by atoms with Crippen LogP contribution in [0.1, 0.15) is 11.1 Å². The van der Waals surface area contributed by atoms with Crippen LogP contribution in [0.3, 0.4) is 0 Å². The highest BCUT2D eigenvalue weighted by atomic mass is 19.1. The van der Waals surface area contributed by atoms with Gasteiger partial charge in [0.2, 0.25) is 0 Å². The summed E-state index contributed by atoms with van der Waals surface area (Å²) in [7, 11) is 1.62. The predicted molar refractivity (Wildman–Crippen MR) is 109 cm³/mol. The molecule has 0 aromatic heterocycles. The first-order valence-corrected chi connectivity index (χ1v) is 9.61. The highest BCUT2D eigenvalue weighted by Gasteiger charge is 2.20. The van der Waals surface area contributed by atoms with Gasteiger partial charge in [-0.1, -0.05) is 30.3 Å². The van der Waals surface area contributed by atoms with Crippen LogP contribution in [0.4, 0.5) is 4.39 Å². The molecule has 1 saturated heterocycles. The monoisotopic (exact) mass is 380 g/mol. The number of phenolic OH excluding ortho intramolecular Hbond substituents is 1. The second kappa shape index (κ2) is 8.17. The number of phenols is 1. The van der Waals surface area contributed by atoms with Crippen molar-refractivity contribution in [2.75, 3.05) is 33.3 Å². The van der Waals surface area contributed by atoms with Crippen molar-refractivity contribution in [3.05, 3.63) is 71.5 Å². The quantitative estimate of drug-likeness (QED) is 0.726. The van der Waals surface area contributed by atoms with Crippen LogP contribution in [0, 0.1) is 5.82 Å². The van der Waals surface area contributed by atoms with Crippen LogP contribution in [-0.4, -0.2) is 48.2 Å². The molecule has 0 aliphatic carbocycles. The first kappa shape index (κ1) is 18.7. The maximum absolute atomic E-state index is 13.6. The van der Waals surface area contributed by atoms with Gasteiger partial charge >= 0.3 is 0 Å². The number of halogens is 1. The van der Waals surface area contributed by atoms with Crippen LogP contribution in [0.5, 0.6) is 11.5 Å². The van der Waals surface area contributed by atoms with Crippen LogP contribution < -0.4 is 4.74 Å². The van der Waals surface area contributed by atoms with E-state index in [0.717, 1.165) is 60.4 Å². The first-order chi connectivity index (χ1) is 13.6. The third-order valence-electron chi connectivity index (χ3n) is 5.50. The Kier molecular flexibility index (Phi) is 5.46. The fourth-order valence-electron chi connectivity index (χ4n) is 3.93. The van der Waals surface area contributed by atoms with E-state index in [2.05, 4.69) is 21.9 Å². The second-order valence-corrected chi connectivity index (χ2v) is 7.29. The van der Waals surface area contributed by atoms with Crippen LogP contribution >= 0.6 is 0 Å². The molecule has 1 heterocycles. The Morgan fingerprint density at radius 3 is 2.39 bits per heavy atom. The predicted octanol–water partition coefficient (Wildman–Crippen LogP) is 4.01. The van der Waals surface area contributed by atoms with Crippen molar-refractivity contribution in [2.24, 2.45) is 0 Å². The molecular weight excluding hydrogens is 355 g/mol. The van der Waals surface area contributed by atoms with Crippen molar-refractivity contribution < 1.29 is 14.2 Å². The SMILES string of the molecule is COc1ccc(F)cc1CN1CCN(Cc2c(O)ccc3ccccc23)CC1. The molecule has 3 aromatic carbocycles. The molecule has 0 unspecified atom stereocenters. The Bertz CT molecular complexity index is 968. The molecule has 0 atom stereocenters. The molecule has 146 valence electrons. The molecule has 4 rings (SSSR count). The molecule has 1 N–H and O–H groups in total. The normalized spacial score (nSPS) is 15.8. The van der Waals surface area contributed by atoms with Gasteiger partial charge in [0.25, 0.3) is 0 Å². The summed E-state index contributed by atoms with van der Waals surface area (Å²) in [6, 6.07) is 16.6.